The lowest BCUT2D eigenvalue weighted by Gasteiger charge is -2.08. The molecule has 4 nitrogen and oxygen atoms in total. The third-order valence-corrected chi connectivity index (χ3v) is 4.69. The van der Waals surface area contributed by atoms with E-state index in [2.05, 4.69) is 21.4 Å². The van der Waals surface area contributed by atoms with E-state index in [9.17, 15) is 0 Å². The van der Waals surface area contributed by atoms with Crippen LogP contribution in [0, 0.1) is 0 Å². The van der Waals surface area contributed by atoms with Crippen LogP contribution in [0.25, 0.3) is 10.4 Å². The third kappa shape index (κ3) is 3.88. The van der Waals surface area contributed by atoms with Crippen molar-refractivity contribution < 1.29 is 4.74 Å². The molecule has 0 aliphatic rings. The van der Waals surface area contributed by atoms with Crippen molar-refractivity contribution in [3.63, 3.8) is 0 Å². The summed E-state index contributed by atoms with van der Waals surface area (Å²) in [5.74, 6) is 0.891. The Labute approximate surface area is 144 Å². The second-order valence-corrected chi connectivity index (χ2v) is 6.35. The largest absolute Gasteiger partial charge is 0.496 e. The van der Waals surface area contributed by atoms with Crippen LogP contribution in [0.3, 0.4) is 0 Å². The molecule has 0 radical (unpaired) electrons. The second-order valence-electron chi connectivity index (χ2n) is 4.88. The van der Waals surface area contributed by atoms with Crippen LogP contribution >= 0.6 is 22.9 Å². The predicted octanol–water partition coefficient (Wildman–Crippen LogP) is 4.16. The minimum absolute atomic E-state index is 0.504. The number of rotatable bonds is 6. The minimum atomic E-state index is 0.504. The lowest BCUT2D eigenvalue weighted by atomic mass is 10.2. The zero-order valence-electron chi connectivity index (χ0n) is 12.6. The van der Waals surface area contributed by atoms with Crippen molar-refractivity contribution in [2.45, 2.75) is 13.1 Å². The Morgan fingerprint density at radius 1 is 1.13 bits per heavy atom. The average Bonchev–Trinajstić information content (AvgIpc) is 3.04. The van der Waals surface area contributed by atoms with Crippen LogP contribution in [0.15, 0.2) is 48.8 Å². The molecule has 1 aromatic carbocycles. The van der Waals surface area contributed by atoms with Crippen LogP contribution in [-0.2, 0) is 13.1 Å². The number of nitrogens with zero attached hydrogens (tertiary/aromatic N) is 2. The molecule has 118 valence electrons. The van der Waals surface area contributed by atoms with Gasteiger partial charge in [0.25, 0.3) is 0 Å². The molecule has 0 saturated carbocycles. The van der Waals surface area contributed by atoms with E-state index in [4.69, 9.17) is 16.3 Å². The molecule has 2 aromatic heterocycles. The molecule has 6 heteroatoms. The smallest absolute Gasteiger partial charge is 0.137 e. The fourth-order valence-electron chi connectivity index (χ4n) is 2.24. The van der Waals surface area contributed by atoms with Gasteiger partial charge in [0, 0.05) is 36.6 Å². The molecule has 0 atom stereocenters. The van der Waals surface area contributed by atoms with Crippen molar-refractivity contribution in [1.29, 1.82) is 0 Å². The molecule has 0 aliphatic carbocycles. The van der Waals surface area contributed by atoms with Gasteiger partial charge in [0.15, 0.2) is 0 Å². The number of hydrogen-bond donors (Lipinski definition) is 1. The predicted molar refractivity (Wildman–Crippen MR) is 93.9 cm³/mol. The van der Waals surface area contributed by atoms with Crippen LogP contribution in [0.1, 0.15) is 10.6 Å². The summed E-state index contributed by atoms with van der Waals surface area (Å²) in [7, 11) is 1.68. The maximum Gasteiger partial charge on any atom is 0.137 e. The van der Waals surface area contributed by atoms with Gasteiger partial charge in [-0.25, -0.2) is 9.97 Å². The lowest BCUT2D eigenvalue weighted by molar-refractivity contribution is 0.407. The van der Waals surface area contributed by atoms with Crippen molar-refractivity contribution in [3.05, 3.63) is 64.5 Å². The van der Waals surface area contributed by atoms with Crippen LogP contribution in [0.2, 0.25) is 5.15 Å². The van der Waals surface area contributed by atoms with E-state index in [1.165, 1.54) is 0 Å². The number of pyridine rings is 1. The maximum absolute atomic E-state index is 6.12. The van der Waals surface area contributed by atoms with Crippen LogP contribution < -0.4 is 10.1 Å². The molecular weight excluding hydrogens is 330 g/mol. The summed E-state index contributed by atoms with van der Waals surface area (Å²) in [6.45, 7) is 1.42. The fraction of sp³-hybridized carbons (Fsp3) is 0.176. The lowest BCUT2D eigenvalue weighted by Crippen LogP contribution is -2.13. The van der Waals surface area contributed by atoms with Gasteiger partial charge in [-0.05, 0) is 18.2 Å². The normalized spacial score (nSPS) is 10.7. The highest BCUT2D eigenvalue weighted by Gasteiger charge is 2.08. The van der Waals surface area contributed by atoms with Gasteiger partial charge in [-0.15, -0.1) is 11.3 Å². The number of thiazole rings is 1. The van der Waals surface area contributed by atoms with Gasteiger partial charge in [-0.2, -0.15) is 0 Å². The van der Waals surface area contributed by atoms with Gasteiger partial charge < -0.3 is 10.1 Å². The molecule has 0 bridgehead atoms. The number of methoxy groups -OCH3 is 1. The first-order chi connectivity index (χ1) is 11.3. The zero-order chi connectivity index (χ0) is 16.1. The highest BCUT2D eigenvalue weighted by atomic mass is 35.5. The van der Waals surface area contributed by atoms with E-state index < -0.39 is 0 Å². The van der Waals surface area contributed by atoms with E-state index in [1.54, 1.807) is 24.6 Å². The van der Waals surface area contributed by atoms with Crippen molar-refractivity contribution in [3.8, 4) is 16.2 Å². The first kappa shape index (κ1) is 15.9. The van der Waals surface area contributed by atoms with Gasteiger partial charge in [0.1, 0.15) is 15.9 Å². The highest BCUT2D eigenvalue weighted by molar-refractivity contribution is 7.15. The van der Waals surface area contributed by atoms with Gasteiger partial charge in [-0.3, -0.25) is 0 Å². The van der Waals surface area contributed by atoms with Gasteiger partial charge in [0.2, 0.25) is 0 Å². The molecule has 3 aromatic rings. The van der Waals surface area contributed by atoms with Crippen molar-refractivity contribution in [2.24, 2.45) is 0 Å². The number of para-hydroxylation sites is 1. The second kappa shape index (κ2) is 7.55. The van der Waals surface area contributed by atoms with E-state index in [1.807, 2.05) is 36.5 Å². The SMILES string of the molecule is COc1ccccc1CNCc1ncc(-c2cccnc2Cl)s1. The number of hydrogen-bond acceptors (Lipinski definition) is 5. The molecule has 0 unspecified atom stereocenters. The first-order valence-corrected chi connectivity index (χ1v) is 8.35. The summed E-state index contributed by atoms with van der Waals surface area (Å²) in [5, 5.41) is 4.90. The van der Waals surface area contributed by atoms with Crippen LogP contribution in [0.5, 0.6) is 5.75 Å². The standard InChI is InChI=1S/C17H16ClN3OS/c1-22-14-7-3-2-5-12(14)9-19-11-16-21-10-15(23-16)13-6-4-8-20-17(13)18/h2-8,10,19H,9,11H2,1H3. The van der Waals surface area contributed by atoms with Gasteiger partial charge in [0.05, 0.1) is 12.0 Å². The Kier molecular flexibility index (Phi) is 5.23. The molecule has 0 amide bonds. The summed E-state index contributed by atoms with van der Waals surface area (Å²) < 4.78 is 5.35. The van der Waals surface area contributed by atoms with Crippen LogP contribution in [0.4, 0.5) is 0 Å². The number of nitrogens with one attached hydrogen (secondary N) is 1. The quantitative estimate of drug-likeness (QED) is 0.681. The number of aromatic nitrogens is 2. The first-order valence-electron chi connectivity index (χ1n) is 7.16. The maximum atomic E-state index is 6.12. The van der Waals surface area contributed by atoms with E-state index in [-0.39, 0.29) is 0 Å². The Bertz CT molecular complexity index is 791. The molecule has 2 heterocycles. The third-order valence-electron chi connectivity index (χ3n) is 3.36. The summed E-state index contributed by atoms with van der Waals surface area (Å²) in [6.07, 6.45) is 3.52. The van der Waals surface area contributed by atoms with Crippen molar-refractivity contribution in [2.75, 3.05) is 7.11 Å². The minimum Gasteiger partial charge on any atom is -0.496 e. The van der Waals surface area contributed by atoms with Crippen molar-refractivity contribution in [1.82, 2.24) is 15.3 Å². The number of halogens is 1. The Balaban J connectivity index is 1.63. The summed E-state index contributed by atoms with van der Waals surface area (Å²) >= 11 is 7.74. The van der Waals surface area contributed by atoms with E-state index in [0.29, 0.717) is 11.7 Å². The topological polar surface area (TPSA) is 47.0 Å². The fourth-order valence-corrected chi connectivity index (χ4v) is 3.43. The monoisotopic (exact) mass is 345 g/mol. The van der Waals surface area contributed by atoms with E-state index in [0.717, 1.165) is 33.3 Å². The zero-order valence-corrected chi connectivity index (χ0v) is 14.2. The highest BCUT2D eigenvalue weighted by Crippen LogP contribution is 2.30. The van der Waals surface area contributed by atoms with E-state index >= 15 is 0 Å². The summed E-state index contributed by atoms with van der Waals surface area (Å²) in [4.78, 5) is 9.57. The number of benzene rings is 1. The summed E-state index contributed by atoms with van der Waals surface area (Å²) in [6, 6.07) is 11.8. The summed E-state index contributed by atoms with van der Waals surface area (Å²) in [5.41, 5.74) is 2.05. The molecule has 0 fully saturated rings. The Morgan fingerprint density at radius 3 is 2.83 bits per heavy atom. The number of ether oxygens (including phenoxy) is 1. The molecule has 3 rings (SSSR count). The molecular formula is C17H16ClN3OS. The Hall–Kier alpha value is -1.95. The molecule has 0 spiro atoms. The van der Waals surface area contributed by atoms with Gasteiger partial charge >= 0.3 is 0 Å². The average molecular weight is 346 g/mol. The molecule has 1 N–H and O–H groups in total. The Morgan fingerprint density at radius 2 is 2.00 bits per heavy atom. The molecule has 0 saturated heterocycles. The molecule has 0 aliphatic heterocycles. The molecule has 23 heavy (non-hydrogen) atoms. The van der Waals surface area contributed by atoms with Crippen LogP contribution in [-0.4, -0.2) is 17.1 Å². The van der Waals surface area contributed by atoms with Gasteiger partial charge in [-0.1, -0.05) is 29.8 Å². The van der Waals surface area contributed by atoms with Crippen molar-refractivity contribution >= 4 is 22.9 Å².